The predicted octanol–water partition coefficient (Wildman–Crippen LogP) is 2.53. The normalized spacial score (nSPS) is 10.9. The number of phenolic OH excluding ortho intramolecular Hbond substituents is 1. The minimum absolute atomic E-state index is 0.0707. The van der Waals surface area contributed by atoms with Crippen molar-refractivity contribution >= 4 is 0 Å². The molecule has 0 atom stereocenters. The Morgan fingerprint density at radius 1 is 0.952 bits per heavy atom. The molecule has 4 nitrogen and oxygen atoms in total. The standard InChI is InChI=1S/C17H21NO3/c1-18(10-13-3-5-14(12-19)6-4-13)11-15-7-8-17(21-2)16(20)9-15/h3-9,19-20H,10-12H2,1-2H3. The number of rotatable bonds is 6. The fraction of sp³-hybridized carbons (Fsp3) is 0.294. The average molecular weight is 287 g/mol. The lowest BCUT2D eigenvalue weighted by atomic mass is 10.1. The third-order valence-electron chi connectivity index (χ3n) is 3.35. The van der Waals surface area contributed by atoms with Crippen LogP contribution in [0, 0.1) is 0 Å². The highest BCUT2D eigenvalue weighted by molar-refractivity contribution is 5.41. The summed E-state index contributed by atoms with van der Waals surface area (Å²) in [4.78, 5) is 2.16. The zero-order chi connectivity index (χ0) is 15.2. The highest BCUT2D eigenvalue weighted by Gasteiger charge is 2.06. The molecule has 4 heteroatoms. The summed E-state index contributed by atoms with van der Waals surface area (Å²) < 4.78 is 5.04. The molecule has 0 aliphatic rings. The number of hydrogen-bond acceptors (Lipinski definition) is 4. The second-order valence-electron chi connectivity index (χ2n) is 5.15. The van der Waals surface area contributed by atoms with Crippen molar-refractivity contribution in [2.24, 2.45) is 0 Å². The lowest BCUT2D eigenvalue weighted by molar-refractivity contribution is 0.281. The monoisotopic (exact) mass is 287 g/mol. The van der Waals surface area contributed by atoms with Gasteiger partial charge in [-0.2, -0.15) is 0 Å². The van der Waals surface area contributed by atoms with E-state index in [0.29, 0.717) is 5.75 Å². The molecular formula is C17H21NO3. The fourth-order valence-electron chi connectivity index (χ4n) is 2.26. The molecule has 0 bridgehead atoms. The van der Waals surface area contributed by atoms with Gasteiger partial charge in [-0.1, -0.05) is 30.3 Å². The first-order valence-electron chi connectivity index (χ1n) is 6.85. The number of ether oxygens (including phenoxy) is 1. The molecule has 112 valence electrons. The molecule has 0 fully saturated rings. The molecular weight excluding hydrogens is 266 g/mol. The molecule has 0 amide bonds. The molecule has 2 N–H and O–H groups in total. The molecule has 2 aromatic carbocycles. The Hall–Kier alpha value is -2.04. The molecule has 2 aromatic rings. The van der Waals surface area contributed by atoms with E-state index < -0.39 is 0 Å². The lowest BCUT2D eigenvalue weighted by Gasteiger charge is -2.17. The van der Waals surface area contributed by atoms with E-state index in [4.69, 9.17) is 9.84 Å². The second-order valence-corrected chi connectivity index (χ2v) is 5.15. The Balaban J connectivity index is 1.97. The number of nitrogens with zero attached hydrogens (tertiary/aromatic N) is 1. The van der Waals surface area contributed by atoms with Crippen molar-refractivity contribution in [3.8, 4) is 11.5 Å². The van der Waals surface area contributed by atoms with Gasteiger partial charge >= 0.3 is 0 Å². The molecule has 0 aliphatic heterocycles. The number of aliphatic hydroxyl groups excluding tert-OH is 1. The van der Waals surface area contributed by atoms with Crippen LogP contribution < -0.4 is 4.74 Å². The van der Waals surface area contributed by atoms with Gasteiger partial charge in [-0.15, -0.1) is 0 Å². The van der Waals surface area contributed by atoms with Crippen molar-refractivity contribution in [1.82, 2.24) is 4.90 Å². The minimum atomic E-state index is 0.0707. The van der Waals surface area contributed by atoms with E-state index in [1.165, 1.54) is 12.7 Å². The van der Waals surface area contributed by atoms with E-state index in [9.17, 15) is 5.11 Å². The number of aromatic hydroxyl groups is 1. The Labute approximate surface area is 125 Å². The van der Waals surface area contributed by atoms with Crippen molar-refractivity contribution in [1.29, 1.82) is 0 Å². The molecule has 0 aliphatic carbocycles. The number of phenols is 1. The average Bonchev–Trinajstić information content (AvgIpc) is 2.48. The first kappa shape index (κ1) is 15.4. The molecule has 2 rings (SSSR count). The van der Waals surface area contributed by atoms with Crippen LogP contribution in [0.15, 0.2) is 42.5 Å². The van der Waals surface area contributed by atoms with Gasteiger partial charge in [0.25, 0.3) is 0 Å². The van der Waals surface area contributed by atoms with E-state index in [2.05, 4.69) is 4.90 Å². The van der Waals surface area contributed by atoms with E-state index in [0.717, 1.165) is 24.2 Å². The van der Waals surface area contributed by atoms with Gasteiger partial charge in [0, 0.05) is 13.1 Å². The van der Waals surface area contributed by atoms with Crippen molar-refractivity contribution in [2.75, 3.05) is 14.2 Å². The Kier molecular flexibility index (Phi) is 5.20. The Morgan fingerprint density at radius 2 is 1.52 bits per heavy atom. The van der Waals surface area contributed by atoms with Gasteiger partial charge < -0.3 is 14.9 Å². The van der Waals surface area contributed by atoms with Crippen LogP contribution in [0.5, 0.6) is 11.5 Å². The summed E-state index contributed by atoms with van der Waals surface area (Å²) in [5.74, 6) is 0.650. The number of hydrogen-bond donors (Lipinski definition) is 2. The van der Waals surface area contributed by atoms with Crippen molar-refractivity contribution in [3.05, 3.63) is 59.2 Å². The van der Waals surface area contributed by atoms with Gasteiger partial charge in [-0.25, -0.2) is 0 Å². The van der Waals surface area contributed by atoms with Crippen LogP contribution in [-0.4, -0.2) is 29.3 Å². The number of aliphatic hydroxyl groups is 1. The maximum Gasteiger partial charge on any atom is 0.160 e. The lowest BCUT2D eigenvalue weighted by Crippen LogP contribution is -2.17. The maximum absolute atomic E-state index is 9.78. The van der Waals surface area contributed by atoms with Crippen LogP contribution in [0.3, 0.4) is 0 Å². The first-order valence-corrected chi connectivity index (χ1v) is 6.85. The molecule has 0 aromatic heterocycles. The topological polar surface area (TPSA) is 52.9 Å². The highest BCUT2D eigenvalue weighted by Crippen LogP contribution is 2.26. The number of methoxy groups -OCH3 is 1. The minimum Gasteiger partial charge on any atom is -0.504 e. The summed E-state index contributed by atoms with van der Waals surface area (Å²) >= 11 is 0. The molecule has 0 spiro atoms. The van der Waals surface area contributed by atoms with Crippen molar-refractivity contribution < 1.29 is 14.9 Å². The van der Waals surface area contributed by atoms with Crippen LogP contribution in [0.25, 0.3) is 0 Å². The molecule has 0 heterocycles. The summed E-state index contributed by atoms with van der Waals surface area (Å²) in [5.41, 5.74) is 3.14. The third-order valence-corrected chi connectivity index (χ3v) is 3.35. The van der Waals surface area contributed by atoms with Gasteiger partial charge in [0.1, 0.15) is 0 Å². The van der Waals surface area contributed by atoms with Gasteiger partial charge in [0.2, 0.25) is 0 Å². The fourth-order valence-corrected chi connectivity index (χ4v) is 2.26. The van der Waals surface area contributed by atoms with Gasteiger partial charge in [-0.05, 0) is 35.9 Å². The van der Waals surface area contributed by atoms with Crippen molar-refractivity contribution in [2.45, 2.75) is 19.7 Å². The summed E-state index contributed by atoms with van der Waals surface area (Å²) in [6, 6.07) is 13.4. The summed E-state index contributed by atoms with van der Waals surface area (Å²) in [6.07, 6.45) is 0. The van der Waals surface area contributed by atoms with Crippen LogP contribution in [0.1, 0.15) is 16.7 Å². The van der Waals surface area contributed by atoms with Crippen LogP contribution in [0.4, 0.5) is 0 Å². The van der Waals surface area contributed by atoms with Gasteiger partial charge in [0.05, 0.1) is 13.7 Å². The first-order chi connectivity index (χ1) is 10.1. The van der Waals surface area contributed by atoms with Crippen LogP contribution >= 0.6 is 0 Å². The highest BCUT2D eigenvalue weighted by atomic mass is 16.5. The smallest absolute Gasteiger partial charge is 0.160 e. The SMILES string of the molecule is COc1ccc(CN(C)Cc2ccc(CO)cc2)cc1O. The van der Waals surface area contributed by atoms with Crippen molar-refractivity contribution in [3.63, 3.8) is 0 Å². The molecule has 0 radical (unpaired) electrons. The van der Waals surface area contributed by atoms with Crippen LogP contribution in [-0.2, 0) is 19.7 Å². The maximum atomic E-state index is 9.78. The quantitative estimate of drug-likeness (QED) is 0.857. The van der Waals surface area contributed by atoms with E-state index >= 15 is 0 Å². The third kappa shape index (κ3) is 4.21. The molecule has 0 saturated carbocycles. The summed E-state index contributed by atoms with van der Waals surface area (Å²) in [5, 5.41) is 18.8. The molecule has 21 heavy (non-hydrogen) atoms. The van der Waals surface area contributed by atoms with Crippen LogP contribution in [0.2, 0.25) is 0 Å². The predicted molar refractivity (Wildman–Crippen MR) is 82.2 cm³/mol. The largest absolute Gasteiger partial charge is 0.504 e. The van der Waals surface area contributed by atoms with E-state index in [-0.39, 0.29) is 12.4 Å². The molecule has 0 saturated heterocycles. The van der Waals surface area contributed by atoms with E-state index in [1.54, 1.807) is 12.1 Å². The van der Waals surface area contributed by atoms with E-state index in [1.807, 2.05) is 37.4 Å². The summed E-state index contributed by atoms with van der Waals surface area (Å²) in [6.45, 7) is 1.61. The van der Waals surface area contributed by atoms with Gasteiger partial charge in [0.15, 0.2) is 11.5 Å². The Bertz CT molecular complexity index is 581. The summed E-state index contributed by atoms with van der Waals surface area (Å²) in [7, 11) is 3.57. The zero-order valence-corrected chi connectivity index (χ0v) is 12.4. The Morgan fingerprint density at radius 3 is 2.10 bits per heavy atom. The second kappa shape index (κ2) is 7.11. The molecule has 0 unspecified atom stereocenters. The zero-order valence-electron chi connectivity index (χ0n) is 12.4. The number of benzene rings is 2. The van der Waals surface area contributed by atoms with Gasteiger partial charge in [-0.3, -0.25) is 4.90 Å².